The molecule has 0 saturated heterocycles. The van der Waals surface area contributed by atoms with E-state index in [2.05, 4.69) is 10.1 Å². The van der Waals surface area contributed by atoms with Crippen LogP contribution in [-0.2, 0) is 0 Å². The van der Waals surface area contributed by atoms with Crippen LogP contribution < -0.4 is 5.56 Å². The van der Waals surface area contributed by atoms with Crippen molar-refractivity contribution in [2.75, 3.05) is 0 Å². The molecule has 0 radical (unpaired) electrons. The van der Waals surface area contributed by atoms with Gasteiger partial charge in [-0.15, -0.1) is 0 Å². The molecule has 0 saturated carbocycles. The van der Waals surface area contributed by atoms with Gasteiger partial charge in [0.15, 0.2) is 11.3 Å². The van der Waals surface area contributed by atoms with Crippen molar-refractivity contribution in [3.63, 3.8) is 0 Å². The number of carboxylic acid groups (broad SMARTS) is 1. The molecule has 6 nitrogen and oxygen atoms in total. The lowest BCUT2D eigenvalue weighted by molar-refractivity contribution is 0.0690. The minimum Gasteiger partial charge on any atom is -0.477 e. The van der Waals surface area contributed by atoms with E-state index < -0.39 is 11.5 Å². The number of nitrogens with zero attached hydrogens (tertiary/aromatic N) is 2. The summed E-state index contributed by atoms with van der Waals surface area (Å²) in [6.45, 7) is 0. The fourth-order valence-electron chi connectivity index (χ4n) is 1.78. The average molecular weight is 229 g/mol. The highest BCUT2D eigenvalue weighted by Gasteiger charge is 2.12. The lowest BCUT2D eigenvalue weighted by atomic mass is 10.2. The number of fused-ring (bicyclic) bond motifs is 3. The molecule has 0 bridgehead atoms. The van der Waals surface area contributed by atoms with Crippen LogP contribution in [0.2, 0.25) is 0 Å². The summed E-state index contributed by atoms with van der Waals surface area (Å²) < 4.78 is 1.23. The maximum Gasteiger partial charge on any atom is 0.354 e. The van der Waals surface area contributed by atoms with Crippen LogP contribution in [0.3, 0.4) is 0 Å². The molecule has 84 valence electrons. The first-order valence-corrected chi connectivity index (χ1v) is 4.90. The van der Waals surface area contributed by atoms with Gasteiger partial charge < -0.3 is 5.11 Å². The number of H-pyrrole nitrogens is 1. The predicted molar refractivity (Wildman–Crippen MR) is 60.3 cm³/mol. The molecule has 1 aromatic carbocycles. The van der Waals surface area contributed by atoms with Crippen molar-refractivity contribution in [1.29, 1.82) is 0 Å². The molecule has 2 heterocycles. The lowest BCUT2D eigenvalue weighted by Crippen LogP contribution is -2.17. The average Bonchev–Trinajstić information content (AvgIpc) is 2.68. The fraction of sp³-hybridized carbons (Fsp3) is 0. The van der Waals surface area contributed by atoms with Gasteiger partial charge >= 0.3 is 5.97 Å². The summed E-state index contributed by atoms with van der Waals surface area (Å²) in [6.07, 6.45) is 0. The third-order valence-corrected chi connectivity index (χ3v) is 2.54. The number of hydrogen-bond acceptors (Lipinski definition) is 3. The number of para-hydroxylation sites is 1. The Morgan fingerprint density at radius 1 is 1.35 bits per heavy atom. The number of aromatic nitrogens is 3. The van der Waals surface area contributed by atoms with Gasteiger partial charge in [-0.25, -0.2) is 14.3 Å². The van der Waals surface area contributed by atoms with Crippen LogP contribution in [0.4, 0.5) is 0 Å². The van der Waals surface area contributed by atoms with Crippen LogP contribution in [0.1, 0.15) is 10.5 Å². The van der Waals surface area contributed by atoms with E-state index in [1.807, 2.05) is 6.07 Å². The molecule has 2 aromatic heterocycles. The zero-order valence-electron chi connectivity index (χ0n) is 8.54. The SMILES string of the molecule is O=C(O)c1cc(=O)n2[nH]c3ccccc3c2n1. The van der Waals surface area contributed by atoms with E-state index in [9.17, 15) is 9.59 Å². The molecule has 0 spiro atoms. The summed E-state index contributed by atoms with van der Waals surface area (Å²) in [5.41, 5.74) is 0.369. The molecule has 3 aromatic rings. The number of aromatic carboxylic acids is 1. The van der Waals surface area contributed by atoms with Crippen LogP contribution in [0.25, 0.3) is 16.6 Å². The second kappa shape index (κ2) is 3.18. The highest BCUT2D eigenvalue weighted by molar-refractivity contribution is 5.93. The molecule has 0 aliphatic rings. The smallest absolute Gasteiger partial charge is 0.354 e. The number of benzene rings is 1. The molecular weight excluding hydrogens is 222 g/mol. The molecule has 0 aliphatic carbocycles. The fourth-order valence-corrected chi connectivity index (χ4v) is 1.78. The van der Waals surface area contributed by atoms with Gasteiger partial charge in [0.05, 0.1) is 5.52 Å². The van der Waals surface area contributed by atoms with Crippen molar-refractivity contribution in [3.8, 4) is 0 Å². The van der Waals surface area contributed by atoms with Gasteiger partial charge in [0.25, 0.3) is 5.56 Å². The Balaban J connectivity index is 2.55. The second-order valence-corrected chi connectivity index (χ2v) is 3.60. The van der Waals surface area contributed by atoms with E-state index in [0.717, 1.165) is 11.6 Å². The molecule has 6 heteroatoms. The van der Waals surface area contributed by atoms with Gasteiger partial charge in [-0.1, -0.05) is 12.1 Å². The molecule has 0 fully saturated rings. The number of nitrogens with one attached hydrogen (secondary N) is 1. The highest BCUT2D eigenvalue weighted by Crippen LogP contribution is 2.15. The van der Waals surface area contributed by atoms with E-state index >= 15 is 0 Å². The van der Waals surface area contributed by atoms with Gasteiger partial charge in [-0.3, -0.25) is 9.89 Å². The lowest BCUT2D eigenvalue weighted by Gasteiger charge is -1.94. The Kier molecular flexibility index (Phi) is 1.79. The number of aromatic amines is 1. The van der Waals surface area contributed by atoms with Gasteiger partial charge in [0.1, 0.15) is 0 Å². The maximum atomic E-state index is 11.7. The van der Waals surface area contributed by atoms with Crippen molar-refractivity contribution in [2.24, 2.45) is 0 Å². The number of carbonyl (C=O) groups is 1. The minimum absolute atomic E-state index is 0.250. The topological polar surface area (TPSA) is 87.5 Å². The third-order valence-electron chi connectivity index (χ3n) is 2.54. The van der Waals surface area contributed by atoms with Crippen LogP contribution >= 0.6 is 0 Å². The Morgan fingerprint density at radius 2 is 2.12 bits per heavy atom. The van der Waals surface area contributed by atoms with Crippen molar-refractivity contribution in [2.45, 2.75) is 0 Å². The Labute approximate surface area is 94.1 Å². The summed E-state index contributed by atoms with van der Waals surface area (Å²) in [4.78, 5) is 26.5. The van der Waals surface area contributed by atoms with Gasteiger partial charge in [-0.05, 0) is 12.1 Å². The number of carboxylic acids is 1. The standard InChI is InChI=1S/C11H7N3O3/c15-9-5-8(11(16)17)12-10-6-3-1-2-4-7(6)13-14(9)10/h1-5,13H,(H,16,17). The van der Waals surface area contributed by atoms with Crippen LogP contribution in [0.5, 0.6) is 0 Å². The van der Waals surface area contributed by atoms with E-state index in [4.69, 9.17) is 5.11 Å². The monoisotopic (exact) mass is 229 g/mol. The molecule has 0 unspecified atom stereocenters. The van der Waals surface area contributed by atoms with E-state index in [0.29, 0.717) is 11.0 Å². The second-order valence-electron chi connectivity index (χ2n) is 3.60. The molecule has 0 atom stereocenters. The summed E-state index contributed by atoms with van der Waals surface area (Å²) in [5.74, 6) is -1.21. The maximum absolute atomic E-state index is 11.7. The molecule has 3 rings (SSSR count). The van der Waals surface area contributed by atoms with Gasteiger partial charge in [0.2, 0.25) is 0 Å². The normalized spacial score (nSPS) is 11.1. The summed E-state index contributed by atoms with van der Waals surface area (Å²) in [6, 6.07) is 8.18. The van der Waals surface area contributed by atoms with Crippen molar-refractivity contribution >= 4 is 22.5 Å². The Morgan fingerprint density at radius 3 is 2.88 bits per heavy atom. The largest absolute Gasteiger partial charge is 0.477 e. The van der Waals surface area contributed by atoms with Crippen molar-refractivity contribution in [3.05, 3.63) is 46.4 Å². The first-order chi connectivity index (χ1) is 8.16. The zero-order chi connectivity index (χ0) is 12.0. The van der Waals surface area contributed by atoms with E-state index in [1.165, 1.54) is 4.52 Å². The van der Waals surface area contributed by atoms with Crippen LogP contribution in [-0.4, -0.2) is 25.7 Å². The third kappa shape index (κ3) is 1.31. The summed E-state index contributed by atoms with van der Waals surface area (Å²) in [7, 11) is 0. The van der Waals surface area contributed by atoms with Gasteiger partial charge in [-0.2, -0.15) is 0 Å². The minimum atomic E-state index is -1.21. The number of hydrogen-bond donors (Lipinski definition) is 2. The Bertz CT molecular complexity index is 800. The quantitative estimate of drug-likeness (QED) is 0.648. The molecule has 2 N–H and O–H groups in total. The Hall–Kier alpha value is -2.63. The van der Waals surface area contributed by atoms with Crippen LogP contribution in [0, 0.1) is 0 Å². The number of rotatable bonds is 1. The van der Waals surface area contributed by atoms with E-state index in [1.54, 1.807) is 18.2 Å². The first-order valence-electron chi connectivity index (χ1n) is 4.90. The molecular formula is C11H7N3O3. The van der Waals surface area contributed by atoms with E-state index in [-0.39, 0.29) is 5.69 Å². The summed E-state index contributed by atoms with van der Waals surface area (Å²) in [5, 5.41) is 12.4. The van der Waals surface area contributed by atoms with Crippen molar-refractivity contribution in [1.82, 2.24) is 14.6 Å². The summed E-state index contributed by atoms with van der Waals surface area (Å²) >= 11 is 0. The highest BCUT2D eigenvalue weighted by atomic mass is 16.4. The van der Waals surface area contributed by atoms with Crippen molar-refractivity contribution < 1.29 is 9.90 Å². The molecule has 17 heavy (non-hydrogen) atoms. The first kappa shape index (κ1) is 9.59. The van der Waals surface area contributed by atoms with Crippen LogP contribution in [0.15, 0.2) is 35.1 Å². The van der Waals surface area contributed by atoms with Gasteiger partial charge in [0, 0.05) is 11.5 Å². The molecule has 0 amide bonds. The molecule has 0 aliphatic heterocycles. The predicted octanol–water partition coefficient (Wildman–Crippen LogP) is 0.874. The zero-order valence-corrected chi connectivity index (χ0v) is 8.54.